The third kappa shape index (κ3) is 1.80. The second-order valence-corrected chi connectivity index (χ2v) is 4.10. The molecule has 1 radical (unpaired) electrons. The van der Waals surface area contributed by atoms with E-state index in [1.165, 1.54) is 5.39 Å². The molecule has 0 saturated heterocycles. The van der Waals surface area contributed by atoms with Gasteiger partial charge in [0.15, 0.2) is 0 Å². The molecule has 0 spiro atoms. The molecule has 0 aliphatic carbocycles. The highest BCUT2D eigenvalue weighted by Crippen LogP contribution is 2.23. The zero-order valence-corrected chi connectivity index (χ0v) is 9.64. The minimum atomic E-state index is 1.01. The van der Waals surface area contributed by atoms with Crippen LogP contribution in [0.3, 0.4) is 0 Å². The summed E-state index contributed by atoms with van der Waals surface area (Å²) in [7, 11) is 0. The fourth-order valence-electron chi connectivity index (χ4n) is 2.01. The van der Waals surface area contributed by atoms with E-state index in [1.807, 2.05) is 30.3 Å². The van der Waals surface area contributed by atoms with Gasteiger partial charge < -0.3 is 0 Å². The van der Waals surface area contributed by atoms with Crippen LogP contribution < -0.4 is 0 Å². The first-order chi connectivity index (χ1) is 8.34. The molecule has 1 nitrogen and oxygen atoms in total. The number of hydrogen-bond donors (Lipinski definition) is 0. The molecule has 0 fully saturated rings. The first-order valence-electron chi connectivity index (χ1n) is 5.68. The van der Waals surface area contributed by atoms with Gasteiger partial charge in [-0.3, -0.25) is 0 Å². The molecule has 0 N–H and O–H groups in total. The lowest BCUT2D eigenvalue weighted by atomic mass is 10.0. The summed E-state index contributed by atoms with van der Waals surface area (Å²) < 4.78 is 0. The van der Waals surface area contributed by atoms with Gasteiger partial charge in [-0.1, -0.05) is 42.5 Å². The van der Waals surface area contributed by atoms with Crippen LogP contribution in [0.2, 0.25) is 0 Å². The minimum Gasteiger partial charge on any atom is -0.248 e. The van der Waals surface area contributed by atoms with E-state index in [2.05, 4.69) is 42.2 Å². The maximum Gasteiger partial charge on any atom is 0.0712 e. The molecule has 17 heavy (non-hydrogen) atoms. The van der Waals surface area contributed by atoms with Crippen molar-refractivity contribution in [3.8, 4) is 11.3 Å². The van der Waals surface area contributed by atoms with E-state index < -0.39 is 0 Å². The average molecular weight is 218 g/mol. The number of benzene rings is 2. The smallest absolute Gasteiger partial charge is 0.0712 e. The highest BCUT2D eigenvalue weighted by atomic mass is 14.7. The number of fused-ring (bicyclic) bond motifs is 1. The zero-order chi connectivity index (χ0) is 11.7. The summed E-state index contributed by atoms with van der Waals surface area (Å²) in [6.45, 7) is 2.06. The van der Waals surface area contributed by atoms with Gasteiger partial charge in [0.05, 0.1) is 11.2 Å². The van der Waals surface area contributed by atoms with Crippen LogP contribution in [0.4, 0.5) is 0 Å². The number of rotatable bonds is 1. The summed E-state index contributed by atoms with van der Waals surface area (Å²) in [4.78, 5) is 4.69. The molecule has 1 aromatic heterocycles. The van der Waals surface area contributed by atoms with Crippen LogP contribution in [0.15, 0.2) is 54.6 Å². The van der Waals surface area contributed by atoms with Crippen LogP contribution in [0.5, 0.6) is 0 Å². The predicted molar refractivity (Wildman–Crippen MR) is 70.8 cm³/mol. The Hall–Kier alpha value is -2.15. The predicted octanol–water partition coefficient (Wildman–Crippen LogP) is 4.01. The highest BCUT2D eigenvalue weighted by molar-refractivity contribution is 5.81. The summed E-state index contributed by atoms with van der Waals surface area (Å²) >= 11 is 0. The fraction of sp³-hybridized carbons (Fsp3) is 0.0625. The summed E-state index contributed by atoms with van der Waals surface area (Å²) in [5, 5.41) is 1.17. The van der Waals surface area contributed by atoms with Gasteiger partial charge in [-0.25, -0.2) is 4.98 Å². The van der Waals surface area contributed by atoms with Crippen LogP contribution >= 0.6 is 0 Å². The lowest BCUT2D eigenvalue weighted by Crippen LogP contribution is -1.87. The van der Waals surface area contributed by atoms with E-state index in [9.17, 15) is 0 Å². The molecule has 0 aliphatic rings. The summed E-state index contributed by atoms with van der Waals surface area (Å²) in [6.07, 6.45) is 0. The highest BCUT2D eigenvalue weighted by Gasteiger charge is 2.03. The molecule has 0 amide bonds. The average Bonchev–Trinajstić information content (AvgIpc) is 2.39. The number of para-hydroxylation sites is 1. The van der Waals surface area contributed by atoms with Crippen molar-refractivity contribution in [2.75, 3.05) is 0 Å². The molecule has 81 valence electrons. The van der Waals surface area contributed by atoms with E-state index >= 15 is 0 Å². The van der Waals surface area contributed by atoms with E-state index in [-0.39, 0.29) is 0 Å². The van der Waals surface area contributed by atoms with Gasteiger partial charge in [-0.2, -0.15) is 0 Å². The standard InChI is InChI=1S/C16H12N/c1-12-6-2-4-8-14(12)16-11-10-13-7-3-5-9-15(13)17-16/h2-5,7-11H,1H3. The zero-order valence-electron chi connectivity index (χ0n) is 9.64. The van der Waals surface area contributed by atoms with Gasteiger partial charge in [-0.15, -0.1) is 0 Å². The molecule has 1 heteroatoms. The van der Waals surface area contributed by atoms with Gasteiger partial charge in [-0.05, 0) is 30.7 Å². The van der Waals surface area contributed by atoms with E-state index in [4.69, 9.17) is 0 Å². The largest absolute Gasteiger partial charge is 0.248 e. The Morgan fingerprint density at radius 2 is 1.82 bits per heavy atom. The molecule has 3 rings (SSSR count). The second-order valence-electron chi connectivity index (χ2n) is 4.10. The minimum absolute atomic E-state index is 1.01. The molecule has 0 atom stereocenters. The molecular formula is C16H12N. The van der Waals surface area contributed by atoms with Crippen molar-refractivity contribution in [1.29, 1.82) is 0 Å². The lowest BCUT2D eigenvalue weighted by Gasteiger charge is -2.05. The van der Waals surface area contributed by atoms with Gasteiger partial charge >= 0.3 is 0 Å². The van der Waals surface area contributed by atoms with Gasteiger partial charge in [0, 0.05) is 10.9 Å². The number of pyridine rings is 1. The van der Waals surface area contributed by atoms with Gasteiger partial charge in [0.2, 0.25) is 0 Å². The van der Waals surface area contributed by atoms with Crippen molar-refractivity contribution in [2.45, 2.75) is 6.92 Å². The SMILES string of the molecule is Cc1[c]cccc1-c1ccc2ccccc2n1. The number of hydrogen-bond acceptors (Lipinski definition) is 1. The topological polar surface area (TPSA) is 12.9 Å². The molecule has 1 heterocycles. The summed E-state index contributed by atoms with van der Waals surface area (Å²) in [5.74, 6) is 0. The van der Waals surface area contributed by atoms with Crippen LogP contribution in [0, 0.1) is 13.0 Å². The maximum atomic E-state index is 4.69. The van der Waals surface area contributed by atoms with Crippen LogP contribution in [0.1, 0.15) is 5.56 Å². The fourth-order valence-corrected chi connectivity index (χ4v) is 2.01. The van der Waals surface area contributed by atoms with E-state index in [0.717, 1.165) is 22.3 Å². The van der Waals surface area contributed by atoms with Gasteiger partial charge in [0.25, 0.3) is 0 Å². The van der Waals surface area contributed by atoms with Crippen molar-refractivity contribution in [1.82, 2.24) is 4.98 Å². The molecule has 0 saturated carbocycles. The van der Waals surface area contributed by atoms with Crippen LogP contribution in [-0.4, -0.2) is 4.98 Å². The Labute approximate surface area is 101 Å². The number of aryl methyl sites for hydroxylation is 1. The Kier molecular flexibility index (Phi) is 2.37. The molecule has 0 bridgehead atoms. The molecular weight excluding hydrogens is 206 g/mol. The van der Waals surface area contributed by atoms with Crippen LogP contribution in [-0.2, 0) is 0 Å². The maximum absolute atomic E-state index is 4.69. The molecule has 0 aliphatic heterocycles. The molecule has 3 aromatic rings. The Balaban J connectivity index is 2.22. The quantitative estimate of drug-likeness (QED) is 0.601. The Bertz CT molecular complexity index is 671. The van der Waals surface area contributed by atoms with E-state index in [0.29, 0.717) is 0 Å². The van der Waals surface area contributed by atoms with Crippen molar-refractivity contribution in [3.05, 3.63) is 66.2 Å². The first-order valence-corrected chi connectivity index (χ1v) is 5.68. The Morgan fingerprint density at radius 1 is 0.941 bits per heavy atom. The van der Waals surface area contributed by atoms with Crippen LogP contribution in [0.25, 0.3) is 22.2 Å². The lowest BCUT2D eigenvalue weighted by molar-refractivity contribution is 1.36. The monoisotopic (exact) mass is 218 g/mol. The van der Waals surface area contributed by atoms with E-state index in [1.54, 1.807) is 0 Å². The first kappa shape index (κ1) is 10.0. The van der Waals surface area contributed by atoms with Crippen molar-refractivity contribution < 1.29 is 0 Å². The number of aromatic nitrogens is 1. The summed E-state index contributed by atoms with van der Waals surface area (Å²) in [5.41, 5.74) is 4.33. The van der Waals surface area contributed by atoms with Crippen molar-refractivity contribution >= 4 is 10.9 Å². The van der Waals surface area contributed by atoms with Gasteiger partial charge in [0.1, 0.15) is 0 Å². The second kappa shape index (κ2) is 4.02. The third-order valence-corrected chi connectivity index (χ3v) is 2.94. The Morgan fingerprint density at radius 3 is 2.71 bits per heavy atom. The molecule has 2 aromatic carbocycles. The normalized spacial score (nSPS) is 10.6. The third-order valence-electron chi connectivity index (χ3n) is 2.94. The van der Waals surface area contributed by atoms with Crippen molar-refractivity contribution in [2.24, 2.45) is 0 Å². The molecule has 0 unspecified atom stereocenters. The number of nitrogens with zero attached hydrogens (tertiary/aromatic N) is 1. The van der Waals surface area contributed by atoms with Crippen molar-refractivity contribution in [3.63, 3.8) is 0 Å². The summed E-state index contributed by atoms with van der Waals surface area (Å²) in [6, 6.07) is 21.6.